The molecule has 2 aromatic rings. The molecule has 2 aromatic carbocycles. The quantitative estimate of drug-likeness (QED) is 0.358. The molecule has 0 spiro atoms. The predicted molar refractivity (Wildman–Crippen MR) is 129 cm³/mol. The third-order valence-electron chi connectivity index (χ3n) is 6.01. The number of carbonyl (C=O) groups excluding carboxylic acids is 1. The highest BCUT2D eigenvalue weighted by molar-refractivity contribution is 6.27. The molecule has 11 nitrogen and oxygen atoms in total. The Morgan fingerprint density at radius 3 is 2.26 bits per heavy atom. The Hall–Kier alpha value is -3.99. The molecule has 0 bridgehead atoms. The lowest BCUT2D eigenvalue weighted by Crippen LogP contribution is -2.47. The number of anilines is 2. The molecular formula is C24H28N4O7. The molecule has 35 heavy (non-hydrogen) atoms. The first-order chi connectivity index (χ1) is 16.8. The summed E-state index contributed by atoms with van der Waals surface area (Å²) in [7, 11) is 0. The molecular weight excluding hydrogens is 456 g/mol. The highest BCUT2D eigenvalue weighted by Gasteiger charge is 2.24. The number of benzene rings is 2. The molecule has 4 rings (SSSR count). The molecule has 1 amide bonds. The van der Waals surface area contributed by atoms with E-state index in [1.807, 2.05) is 29.2 Å². The highest BCUT2D eigenvalue weighted by Crippen LogP contribution is 2.27. The van der Waals surface area contributed by atoms with Crippen LogP contribution in [0.5, 0.6) is 0 Å². The first kappa shape index (κ1) is 25.6. The number of nitrogens with zero attached hydrogens (tertiary/aromatic N) is 4. The Morgan fingerprint density at radius 2 is 1.60 bits per heavy atom. The van der Waals surface area contributed by atoms with E-state index in [-0.39, 0.29) is 16.5 Å². The van der Waals surface area contributed by atoms with E-state index in [9.17, 15) is 14.9 Å². The number of amides is 1. The summed E-state index contributed by atoms with van der Waals surface area (Å²) in [4.78, 5) is 47.8. The van der Waals surface area contributed by atoms with Crippen LogP contribution in [0.15, 0.2) is 48.5 Å². The lowest BCUT2D eigenvalue weighted by atomic mass is 10.0. The van der Waals surface area contributed by atoms with Crippen molar-refractivity contribution >= 4 is 34.9 Å². The number of carboxylic acids is 2. The van der Waals surface area contributed by atoms with Gasteiger partial charge in [-0.05, 0) is 37.1 Å². The van der Waals surface area contributed by atoms with Crippen LogP contribution in [0.2, 0.25) is 0 Å². The van der Waals surface area contributed by atoms with Crippen LogP contribution in [0, 0.1) is 10.1 Å². The fraction of sp³-hybridized carbons (Fsp3) is 0.375. The molecule has 0 atom stereocenters. The Morgan fingerprint density at radius 1 is 0.914 bits per heavy atom. The number of rotatable bonds is 6. The van der Waals surface area contributed by atoms with Crippen molar-refractivity contribution in [3.05, 3.63) is 64.2 Å². The molecule has 2 heterocycles. The van der Waals surface area contributed by atoms with Crippen molar-refractivity contribution in [3.63, 3.8) is 0 Å². The maximum atomic E-state index is 12.4. The van der Waals surface area contributed by atoms with Gasteiger partial charge in [-0.15, -0.1) is 0 Å². The number of non-ortho nitro benzene ring substituents is 1. The first-order valence-electron chi connectivity index (χ1n) is 11.3. The molecule has 186 valence electrons. The van der Waals surface area contributed by atoms with E-state index < -0.39 is 11.9 Å². The van der Waals surface area contributed by atoms with Crippen molar-refractivity contribution in [1.29, 1.82) is 0 Å². The van der Waals surface area contributed by atoms with Gasteiger partial charge in [0.2, 0.25) is 5.91 Å². The van der Waals surface area contributed by atoms with Gasteiger partial charge in [0.15, 0.2) is 0 Å². The van der Waals surface area contributed by atoms with Gasteiger partial charge in [0.25, 0.3) is 5.69 Å². The normalized spacial score (nSPS) is 15.6. The zero-order valence-electron chi connectivity index (χ0n) is 19.2. The average molecular weight is 485 g/mol. The summed E-state index contributed by atoms with van der Waals surface area (Å²) in [6, 6.07) is 15.0. The Balaban J connectivity index is 0.000000509. The van der Waals surface area contributed by atoms with E-state index in [0.717, 1.165) is 63.5 Å². The van der Waals surface area contributed by atoms with E-state index >= 15 is 0 Å². The molecule has 0 saturated carbocycles. The van der Waals surface area contributed by atoms with E-state index in [1.165, 1.54) is 11.6 Å². The second-order valence-corrected chi connectivity index (χ2v) is 8.24. The van der Waals surface area contributed by atoms with Crippen LogP contribution in [0.1, 0.15) is 18.4 Å². The summed E-state index contributed by atoms with van der Waals surface area (Å²) < 4.78 is 0. The van der Waals surface area contributed by atoms with Gasteiger partial charge >= 0.3 is 11.9 Å². The lowest BCUT2D eigenvalue weighted by molar-refractivity contribution is -0.384. The minimum Gasteiger partial charge on any atom is -0.473 e. The maximum Gasteiger partial charge on any atom is 0.414 e. The first-order valence-corrected chi connectivity index (χ1v) is 11.3. The maximum absolute atomic E-state index is 12.4. The molecule has 1 fully saturated rings. The van der Waals surface area contributed by atoms with Crippen LogP contribution in [0.4, 0.5) is 17.1 Å². The van der Waals surface area contributed by atoms with Gasteiger partial charge in [-0.25, -0.2) is 9.59 Å². The number of fused-ring (bicyclic) bond motifs is 1. The molecule has 2 aliphatic heterocycles. The highest BCUT2D eigenvalue weighted by atomic mass is 16.6. The van der Waals surface area contributed by atoms with Gasteiger partial charge in [0.05, 0.1) is 4.92 Å². The van der Waals surface area contributed by atoms with Crippen molar-refractivity contribution in [2.75, 3.05) is 49.1 Å². The summed E-state index contributed by atoms with van der Waals surface area (Å²) in [5.41, 5.74) is 3.38. The van der Waals surface area contributed by atoms with Crippen LogP contribution < -0.4 is 9.80 Å². The smallest absolute Gasteiger partial charge is 0.414 e. The summed E-state index contributed by atoms with van der Waals surface area (Å²) in [5, 5.41) is 25.8. The summed E-state index contributed by atoms with van der Waals surface area (Å²) in [6.07, 6.45) is 2.38. The van der Waals surface area contributed by atoms with Gasteiger partial charge in [0, 0.05) is 62.7 Å². The Bertz CT molecular complexity index is 1070. The van der Waals surface area contributed by atoms with Gasteiger partial charge in [-0.2, -0.15) is 0 Å². The zero-order chi connectivity index (χ0) is 25.4. The van der Waals surface area contributed by atoms with Crippen LogP contribution in [0.3, 0.4) is 0 Å². The van der Waals surface area contributed by atoms with Gasteiger partial charge in [-0.1, -0.05) is 24.3 Å². The van der Waals surface area contributed by atoms with E-state index in [4.69, 9.17) is 19.8 Å². The minimum absolute atomic E-state index is 0.136. The Kier molecular flexibility index (Phi) is 8.74. The second kappa shape index (κ2) is 11.9. The third kappa shape index (κ3) is 7.00. The monoisotopic (exact) mass is 484 g/mol. The van der Waals surface area contributed by atoms with Crippen molar-refractivity contribution in [3.8, 4) is 0 Å². The van der Waals surface area contributed by atoms with Crippen LogP contribution in [-0.4, -0.2) is 77.2 Å². The van der Waals surface area contributed by atoms with E-state index in [1.54, 1.807) is 12.1 Å². The molecule has 0 radical (unpaired) electrons. The number of carboxylic acid groups (broad SMARTS) is 2. The molecule has 0 aromatic heterocycles. The number of hydrogen-bond donors (Lipinski definition) is 2. The number of nitro groups is 1. The SMILES string of the molecule is O=C(O)C(=O)O.O=C1CCc2ccccc2N1CCCN1CCN(c2cccc([N+](=O)[O-])c2)CC1. The number of aryl methyl sites for hydroxylation is 1. The largest absolute Gasteiger partial charge is 0.473 e. The summed E-state index contributed by atoms with van der Waals surface area (Å²) >= 11 is 0. The van der Waals surface area contributed by atoms with Gasteiger partial charge in [-0.3, -0.25) is 19.8 Å². The van der Waals surface area contributed by atoms with Crippen LogP contribution >= 0.6 is 0 Å². The topological polar surface area (TPSA) is 145 Å². The molecule has 0 unspecified atom stereocenters. The summed E-state index contributed by atoms with van der Waals surface area (Å²) in [5.74, 6) is -3.43. The minimum atomic E-state index is -1.82. The molecule has 11 heteroatoms. The number of carbonyl (C=O) groups is 3. The number of piperazine rings is 1. The third-order valence-corrected chi connectivity index (χ3v) is 6.01. The summed E-state index contributed by atoms with van der Waals surface area (Å²) in [6.45, 7) is 5.26. The average Bonchev–Trinajstić information content (AvgIpc) is 2.86. The molecule has 2 N–H and O–H groups in total. The van der Waals surface area contributed by atoms with Gasteiger partial charge in [0.1, 0.15) is 0 Å². The van der Waals surface area contributed by atoms with E-state index in [2.05, 4.69) is 15.9 Å². The van der Waals surface area contributed by atoms with Crippen LogP contribution in [0.25, 0.3) is 0 Å². The van der Waals surface area contributed by atoms with E-state index in [0.29, 0.717) is 6.42 Å². The zero-order valence-corrected chi connectivity index (χ0v) is 19.2. The van der Waals surface area contributed by atoms with Gasteiger partial charge < -0.3 is 20.0 Å². The Labute approximate surface area is 202 Å². The molecule has 1 saturated heterocycles. The second-order valence-electron chi connectivity index (χ2n) is 8.24. The fourth-order valence-corrected chi connectivity index (χ4v) is 4.23. The molecule has 2 aliphatic rings. The number of nitro benzene ring substituents is 1. The number of hydrogen-bond acceptors (Lipinski definition) is 7. The lowest BCUT2D eigenvalue weighted by Gasteiger charge is -2.36. The number of aliphatic carboxylic acids is 2. The number of para-hydroxylation sites is 1. The van der Waals surface area contributed by atoms with Crippen LogP contribution in [-0.2, 0) is 20.8 Å². The fourth-order valence-electron chi connectivity index (χ4n) is 4.23. The molecule has 0 aliphatic carbocycles. The van der Waals surface area contributed by atoms with Crippen molar-refractivity contribution < 1.29 is 29.5 Å². The standard InChI is InChI=1S/C22H26N4O3.C2H2O4/c27-22-10-9-18-5-1-2-8-21(18)25(22)12-4-11-23-13-15-24(16-14-23)19-6-3-7-20(17-19)26(28)29;3-1(4)2(5)6/h1-3,5-8,17H,4,9-16H2;(H,3,4)(H,5,6). The van der Waals surface area contributed by atoms with Crippen molar-refractivity contribution in [2.45, 2.75) is 19.3 Å². The predicted octanol–water partition coefficient (Wildman–Crippen LogP) is 2.24. The van der Waals surface area contributed by atoms with Crippen molar-refractivity contribution in [1.82, 2.24) is 4.90 Å². The van der Waals surface area contributed by atoms with Crippen molar-refractivity contribution in [2.24, 2.45) is 0 Å².